The summed E-state index contributed by atoms with van der Waals surface area (Å²) in [5.41, 5.74) is -1.36. The largest absolute Gasteiger partial charge is 0.414 e. The lowest BCUT2D eigenvalue weighted by atomic mass is 10.1. The van der Waals surface area contributed by atoms with Gasteiger partial charge in [-0.3, -0.25) is 0 Å². The highest BCUT2D eigenvalue weighted by molar-refractivity contribution is 4.74. The van der Waals surface area contributed by atoms with Gasteiger partial charge in [-0.15, -0.1) is 0 Å². The molecule has 0 saturated carbocycles. The monoisotopic (exact) mass is 202 g/mol. The predicted molar refractivity (Wildman–Crippen MR) is 41.3 cm³/mol. The fraction of sp³-hybridized carbons (Fsp3) is 1.00. The maximum absolute atomic E-state index is 12.2. The molecule has 1 nitrogen and oxygen atoms in total. The Kier molecular flexibility index (Phi) is 4.16. The summed E-state index contributed by atoms with van der Waals surface area (Å²) in [5, 5.41) is 0. The fourth-order valence-electron chi connectivity index (χ4n) is 0.798. The molecule has 0 aliphatic heterocycles. The van der Waals surface area contributed by atoms with Crippen molar-refractivity contribution in [3.05, 3.63) is 0 Å². The molecule has 0 rings (SSSR count). The molecule has 80 valence electrons. The maximum Gasteiger partial charge on any atom is 0.414 e. The van der Waals surface area contributed by atoms with Crippen LogP contribution in [0.25, 0.3) is 0 Å². The molecule has 1 atom stereocenters. The third-order valence-corrected chi connectivity index (χ3v) is 1.52. The van der Waals surface area contributed by atoms with E-state index in [1.54, 1.807) is 0 Å². The Labute approximate surface area is 75.1 Å². The van der Waals surface area contributed by atoms with Gasteiger partial charge in [0.2, 0.25) is 0 Å². The van der Waals surface area contributed by atoms with Crippen LogP contribution >= 0.6 is 0 Å². The van der Waals surface area contributed by atoms with E-state index in [0.29, 0.717) is 0 Å². The van der Waals surface area contributed by atoms with E-state index in [1.165, 1.54) is 20.8 Å². The highest BCUT2D eigenvalue weighted by Crippen LogP contribution is 2.28. The average molecular weight is 202 g/mol. The van der Waals surface area contributed by atoms with Crippen LogP contribution in [0.2, 0.25) is 0 Å². The van der Waals surface area contributed by atoms with E-state index >= 15 is 0 Å². The molecule has 0 aliphatic rings. The number of rotatable bonds is 4. The van der Waals surface area contributed by atoms with E-state index in [4.69, 9.17) is 0 Å². The molecule has 0 heterocycles. The zero-order valence-electron chi connectivity index (χ0n) is 7.91. The van der Waals surface area contributed by atoms with Crippen LogP contribution in [-0.2, 0) is 4.74 Å². The number of hydrogen-bond acceptors (Lipinski definition) is 1. The van der Waals surface area contributed by atoms with Crippen LogP contribution in [0.5, 0.6) is 0 Å². The van der Waals surface area contributed by atoms with Crippen molar-refractivity contribution in [2.75, 3.05) is 6.67 Å². The summed E-state index contributed by atoms with van der Waals surface area (Å²) < 4.78 is 53.2. The second-order valence-electron chi connectivity index (χ2n) is 3.45. The van der Waals surface area contributed by atoms with Gasteiger partial charge in [-0.1, -0.05) is 6.92 Å². The Hall–Kier alpha value is -0.320. The third-order valence-electron chi connectivity index (χ3n) is 1.52. The summed E-state index contributed by atoms with van der Waals surface area (Å²) in [4.78, 5) is 0. The van der Waals surface area contributed by atoms with Crippen LogP contribution in [-0.4, -0.2) is 24.6 Å². The quantitative estimate of drug-likeness (QED) is 0.636. The summed E-state index contributed by atoms with van der Waals surface area (Å²) in [6.07, 6.45) is -6.49. The Morgan fingerprint density at radius 3 is 1.92 bits per heavy atom. The predicted octanol–water partition coefficient (Wildman–Crippen LogP) is 3.09. The van der Waals surface area contributed by atoms with Gasteiger partial charge in [0, 0.05) is 0 Å². The zero-order chi connectivity index (χ0) is 10.7. The van der Waals surface area contributed by atoms with Gasteiger partial charge in [-0.05, 0) is 20.3 Å². The molecule has 0 aliphatic carbocycles. The molecule has 0 radical (unpaired) electrons. The molecule has 0 aromatic rings. The van der Waals surface area contributed by atoms with Gasteiger partial charge in [0.25, 0.3) is 0 Å². The van der Waals surface area contributed by atoms with Crippen molar-refractivity contribution in [2.45, 2.75) is 45.1 Å². The molecular formula is C8H14F4O. The molecular weight excluding hydrogens is 188 g/mol. The van der Waals surface area contributed by atoms with E-state index < -0.39 is 24.6 Å². The second kappa shape index (κ2) is 4.26. The number of hydrogen-bond donors (Lipinski definition) is 0. The molecule has 0 N–H and O–H groups in total. The van der Waals surface area contributed by atoms with Crippen LogP contribution < -0.4 is 0 Å². The van der Waals surface area contributed by atoms with Crippen LogP contribution in [0.3, 0.4) is 0 Å². The van der Waals surface area contributed by atoms with E-state index in [2.05, 4.69) is 4.74 Å². The lowest BCUT2D eigenvalue weighted by Crippen LogP contribution is -2.40. The molecule has 0 amide bonds. The third kappa shape index (κ3) is 4.45. The van der Waals surface area contributed by atoms with Crippen LogP contribution in [0.15, 0.2) is 0 Å². The SMILES string of the molecule is CCC(OC(C)(C)CF)C(F)(F)F. The first-order chi connectivity index (χ1) is 5.73. The summed E-state index contributed by atoms with van der Waals surface area (Å²) in [6, 6.07) is 0. The standard InChI is InChI=1S/C8H14F4O/c1-4-6(8(10,11)12)13-7(2,3)5-9/h6H,4-5H2,1-3H3. The van der Waals surface area contributed by atoms with Crippen molar-refractivity contribution in [1.29, 1.82) is 0 Å². The number of ether oxygens (including phenoxy) is 1. The van der Waals surface area contributed by atoms with Crippen molar-refractivity contribution in [3.8, 4) is 0 Å². The minimum atomic E-state index is -4.42. The lowest BCUT2D eigenvalue weighted by molar-refractivity contribution is -0.250. The summed E-state index contributed by atoms with van der Waals surface area (Å²) >= 11 is 0. The smallest absolute Gasteiger partial charge is 0.360 e. The summed E-state index contributed by atoms with van der Waals surface area (Å²) in [7, 11) is 0. The van der Waals surface area contributed by atoms with E-state index in [0.717, 1.165) is 0 Å². The minimum Gasteiger partial charge on any atom is -0.360 e. The van der Waals surface area contributed by atoms with Crippen LogP contribution in [0.4, 0.5) is 17.6 Å². The van der Waals surface area contributed by atoms with Gasteiger partial charge in [0.05, 0.1) is 5.60 Å². The summed E-state index contributed by atoms with van der Waals surface area (Å²) in [6.45, 7) is 3.01. The molecule has 0 saturated heterocycles. The highest BCUT2D eigenvalue weighted by atomic mass is 19.4. The van der Waals surface area contributed by atoms with Crippen molar-refractivity contribution in [1.82, 2.24) is 0 Å². The van der Waals surface area contributed by atoms with Gasteiger partial charge >= 0.3 is 6.18 Å². The van der Waals surface area contributed by atoms with Gasteiger partial charge in [-0.25, -0.2) is 4.39 Å². The van der Waals surface area contributed by atoms with Crippen molar-refractivity contribution >= 4 is 0 Å². The Morgan fingerprint density at radius 2 is 1.69 bits per heavy atom. The number of halogens is 4. The molecule has 0 bridgehead atoms. The van der Waals surface area contributed by atoms with E-state index in [1.807, 2.05) is 0 Å². The molecule has 13 heavy (non-hydrogen) atoms. The minimum absolute atomic E-state index is 0.201. The van der Waals surface area contributed by atoms with Gasteiger partial charge in [0.15, 0.2) is 6.10 Å². The maximum atomic E-state index is 12.2. The first-order valence-electron chi connectivity index (χ1n) is 4.03. The highest BCUT2D eigenvalue weighted by Gasteiger charge is 2.42. The van der Waals surface area contributed by atoms with Gasteiger partial charge in [0.1, 0.15) is 6.67 Å². The van der Waals surface area contributed by atoms with Crippen molar-refractivity contribution < 1.29 is 22.3 Å². The first-order valence-corrected chi connectivity index (χ1v) is 4.03. The molecule has 0 aromatic heterocycles. The molecule has 0 fully saturated rings. The van der Waals surface area contributed by atoms with E-state index in [9.17, 15) is 17.6 Å². The molecule has 1 unspecified atom stereocenters. The Balaban J connectivity index is 4.30. The van der Waals surface area contributed by atoms with Crippen LogP contribution in [0, 0.1) is 0 Å². The number of alkyl halides is 4. The van der Waals surface area contributed by atoms with E-state index in [-0.39, 0.29) is 6.42 Å². The second-order valence-corrected chi connectivity index (χ2v) is 3.45. The zero-order valence-corrected chi connectivity index (χ0v) is 7.91. The van der Waals surface area contributed by atoms with Crippen molar-refractivity contribution in [2.24, 2.45) is 0 Å². The Morgan fingerprint density at radius 1 is 1.23 bits per heavy atom. The van der Waals surface area contributed by atoms with Crippen molar-refractivity contribution in [3.63, 3.8) is 0 Å². The van der Waals surface area contributed by atoms with Gasteiger partial charge in [-0.2, -0.15) is 13.2 Å². The fourth-order valence-corrected chi connectivity index (χ4v) is 0.798. The van der Waals surface area contributed by atoms with Crippen LogP contribution in [0.1, 0.15) is 27.2 Å². The van der Waals surface area contributed by atoms with Gasteiger partial charge < -0.3 is 4.74 Å². The summed E-state index contributed by atoms with van der Waals surface area (Å²) in [5.74, 6) is 0. The molecule has 0 spiro atoms. The molecule has 5 heteroatoms. The Bertz CT molecular complexity index is 153. The average Bonchev–Trinajstić information content (AvgIpc) is 1.98. The lowest BCUT2D eigenvalue weighted by Gasteiger charge is -2.29. The molecule has 0 aromatic carbocycles. The first kappa shape index (κ1) is 12.7. The normalized spacial score (nSPS) is 15.9. The topological polar surface area (TPSA) is 9.23 Å².